The number of hydrogen-bond donors (Lipinski definition) is 0. The topological polar surface area (TPSA) is 0 Å². The Kier molecular flexibility index (Phi) is 7.44. The normalized spacial score (nSPS) is 22.8. The molecule has 0 aromatic heterocycles. The molecule has 0 radical (unpaired) electrons. The van der Waals surface area contributed by atoms with Crippen molar-refractivity contribution in [3.05, 3.63) is 129 Å². The Bertz CT molecular complexity index is 1670. The molecule has 3 aliphatic rings. The zero-order valence-corrected chi connectivity index (χ0v) is 31.6. The number of rotatable bonds is 6. The van der Waals surface area contributed by atoms with E-state index in [0.717, 1.165) is 0 Å². The van der Waals surface area contributed by atoms with E-state index in [1.807, 2.05) is 0 Å². The van der Waals surface area contributed by atoms with Crippen molar-refractivity contribution in [2.24, 2.45) is 5.41 Å². The van der Waals surface area contributed by atoms with Crippen LogP contribution in [0.1, 0.15) is 107 Å². The molecule has 2 aliphatic carbocycles. The molecule has 224 valence electrons. The summed E-state index contributed by atoms with van der Waals surface area (Å²) in [5.41, 5.74) is 18.1. The minimum atomic E-state index is -3.07. The quantitative estimate of drug-likeness (QED) is 0.173. The molecule has 0 saturated carbocycles. The summed E-state index contributed by atoms with van der Waals surface area (Å²) in [4.78, 5) is 0. The van der Waals surface area contributed by atoms with Gasteiger partial charge in [0.2, 0.25) is 0 Å². The van der Waals surface area contributed by atoms with Gasteiger partial charge in [-0.1, -0.05) is 0 Å². The van der Waals surface area contributed by atoms with E-state index in [9.17, 15) is 0 Å². The molecule has 4 aromatic carbocycles. The van der Waals surface area contributed by atoms with Crippen LogP contribution in [0.25, 0.3) is 34.4 Å². The maximum atomic E-state index is 2.77. The molecule has 4 aromatic rings. The van der Waals surface area contributed by atoms with E-state index in [4.69, 9.17) is 0 Å². The standard InChI is InChI=1S/C41H42.2CH3.Hf/c1-7-22-41(6,35-23-33-10-8-12-37(39(33)25-35)31-18-14-29(15-19-31)27(2)3)36-24-34-11-9-13-38(40(34)26-36)32-20-16-30(17-21-32)28(4)5;;;/h8-21,23-28H,7,22H2,1-6H3;2*1H3;. The van der Waals surface area contributed by atoms with Crippen LogP contribution in [0.15, 0.2) is 96.1 Å². The van der Waals surface area contributed by atoms with Crippen molar-refractivity contribution in [2.75, 3.05) is 0 Å². The molecule has 0 nitrogen and oxygen atoms in total. The van der Waals surface area contributed by atoms with Crippen LogP contribution in [0.3, 0.4) is 0 Å². The monoisotopic (exact) mass is 744 g/mol. The van der Waals surface area contributed by atoms with Gasteiger partial charge < -0.3 is 0 Å². The summed E-state index contributed by atoms with van der Waals surface area (Å²) in [5.74, 6) is 1.10. The molecule has 0 bridgehead atoms. The summed E-state index contributed by atoms with van der Waals surface area (Å²) < 4.78 is 6.78. The first-order valence-corrected chi connectivity index (χ1v) is 28.3. The van der Waals surface area contributed by atoms with E-state index >= 15 is 0 Å². The van der Waals surface area contributed by atoms with Crippen molar-refractivity contribution in [1.29, 1.82) is 0 Å². The molecule has 0 amide bonds. The van der Waals surface area contributed by atoms with Crippen molar-refractivity contribution in [1.82, 2.24) is 0 Å². The second-order valence-corrected chi connectivity index (χ2v) is 32.4. The summed E-state index contributed by atoms with van der Waals surface area (Å²) in [5, 5.41) is 0. The summed E-state index contributed by atoms with van der Waals surface area (Å²) in [6.45, 7) is 14.1. The van der Waals surface area contributed by atoms with Crippen molar-refractivity contribution in [3.8, 4) is 22.3 Å². The summed E-state index contributed by atoms with van der Waals surface area (Å²) >= 11 is -3.07. The van der Waals surface area contributed by atoms with Gasteiger partial charge >= 0.3 is 272 Å². The molecular weight excluding hydrogens is 695 g/mol. The number of fused-ring (bicyclic) bond motifs is 6. The van der Waals surface area contributed by atoms with Crippen molar-refractivity contribution in [3.63, 3.8) is 0 Å². The van der Waals surface area contributed by atoms with Crippen molar-refractivity contribution < 1.29 is 20.0 Å². The SMILES string of the molecule is CCCC1(C)C2=Cc3c(-c4ccc(C(C)C)cc4)cccc3[CH]2[Hf]([CH3])([CH3])[CH]2C1=Cc1c(-c3ccc(C(C)C)cc3)cccc12. The van der Waals surface area contributed by atoms with Crippen LogP contribution in [-0.2, 0) is 20.0 Å². The molecule has 44 heavy (non-hydrogen) atoms. The Labute approximate surface area is 270 Å². The predicted octanol–water partition coefficient (Wildman–Crippen LogP) is 12.9. The average Bonchev–Trinajstić information content (AvgIpc) is 3.62. The third kappa shape index (κ3) is 4.47. The van der Waals surface area contributed by atoms with Crippen LogP contribution in [0.2, 0.25) is 9.36 Å². The Balaban J connectivity index is 1.39. The van der Waals surface area contributed by atoms with Gasteiger partial charge in [-0.05, 0) is 0 Å². The summed E-state index contributed by atoms with van der Waals surface area (Å²) in [6, 6.07) is 33.1. The van der Waals surface area contributed by atoms with E-state index in [0.29, 0.717) is 19.2 Å². The van der Waals surface area contributed by atoms with Gasteiger partial charge in [-0.25, -0.2) is 0 Å². The first kappa shape index (κ1) is 29.9. The van der Waals surface area contributed by atoms with Gasteiger partial charge in [-0.2, -0.15) is 0 Å². The second kappa shape index (κ2) is 10.9. The summed E-state index contributed by atoms with van der Waals surface area (Å²) in [7, 11) is 0. The zero-order valence-electron chi connectivity index (χ0n) is 28.0. The van der Waals surface area contributed by atoms with E-state index < -0.39 is 20.0 Å². The Morgan fingerprint density at radius 2 is 1.02 bits per heavy atom. The molecule has 2 unspecified atom stereocenters. The van der Waals surface area contributed by atoms with E-state index in [1.54, 1.807) is 22.3 Å². The first-order valence-electron chi connectivity index (χ1n) is 17.0. The molecule has 1 fully saturated rings. The fraction of sp³-hybridized carbons (Fsp3) is 0.349. The van der Waals surface area contributed by atoms with Gasteiger partial charge in [0.15, 0.2) is 0 Å². The number of allylic oxidation sites excluding steroid dienone is 2. The number of hydrogen-bond acceptors (Lipinski definition) is 0. The van der Waals surface area contributed by atoms with Gasteiger partial charge in [-0.3, -0.25) is 0 Å². The molecule has 0 N–H and O–H groups in total. The predicted molar refractivity (Wildman–Crippen MR) is 188 cm³/mol. The van der Waals surface area contributed by atoms with E-state index in [2.05, 4.69) is 148 Å². The van der Waals surface area contributed by atoms with Gasteiger partial charge in [0.05, 0.1) is 0 Å². The zero-order chi connectivity index (χ0) is 31.0. The average molecular weight is 743 g/mol. The van der Waals surface area contributed by atoms with Crippen LogP contribution in [0.4, 0.5) is 0 Å². The van der Waals surface area contributed by atoms with Gasteiger partial charge in [0.1, 0.15) is 0 Å². The first-order chi connectivity index (χ1) is 21.1. The molecular formula is C43H48Hf. The van der Waals surface area contributed by atoms with Crippen molar-refractivity contribution >= 4 is 12.2 Å². The Hall–Kier alpha value is -2.77. The molecule has 1 saturated heterocycles. The van der Waals surface area contributed by atoms with E-state index in [-0.39, 0.29) is 5.41 Å². The van der Waals surface area contributed by atoms with Gasteiger partial charge in [0.25, 0.3) is 0 Å². The van der Waals surface area contributed by atoms with Gasteiger partial charge in [0, 0.05) is 0 Å². The Morgan fingerprint density at radius 3 is 1.39 bits per heavy atom. The molecule has 0 spiro atoms. The summed E-state index contributed by atoms with van der Waals surface area (Å²) in [6.07, 6.45) is 7.76. The molecule has 1 heteroatoms. The molecule has 7 rings (SSSR count). The van der Waals surface area contributed by atoms with Crippen LogP contribution in [0, 0.1) is 5.41 Å². The van der Waals surface area contributed by atoms with Crippen LogP contribution < -0.4 is 0 Å². The van der Waals surface area contributed by atoms with E-state index in [1.165, 1.54) is 57.3 Å². The van der Waals surface area contributed by atoms with Crippen LogP contribution in [0.5, 0.6) is 0 Å². The molecule has 1 heterocycles. The third-order valence-corrected chi connectivity index (χ3v) is 26.6. The molecule has 2 atom stereocenters. The Morgan fingerprint density at radius 1 is 0.614 bits per heavy atom. The fourth-order valence-electron chi connectivity index (χ4n) is 9.08. The number of benzene rings is 4. The maximum absolute atomic E-state index is 3.07. The van der Waals surface area contributed by atoms with Crippen LogP contribution >= 0.6 is 0 Å². The third-order valence-electron chi connectivity index (χ3n) is 11.4. The minimum absolute atomic E-state index is 0.0786. The fourth-order valence-corrected chi connectivity index (χ4v) is 26.5. The second-order valence-electron chi connectivity index (χ2n) is 15.1. The molecule has 1 aliphatic heterocycles. The van der Waals surface area contributed by atoms with Gasteiger partial charge in [-0.15, -0.1) is 0 Å². The van der Waals surface area contributed by atoms with Crippen LogP contribution in [-0.4, -0.2) is 0 Å². The van der Waals surface area contributed by atoms with Crippen molar-refractivity contribution in [2.45, 2.75) is 82.9 Å².